The van der Waals surface area contributed by atoms with E-state index in [2.05, 4.69) is 36.1 Å². The van der Waals surface area contributed by atoms with Gasteiger partial charge in [-0.3, -0.25) is 0 Å². The first-order valence-electron chi connectivity index (χ1n) is 9.00. The van der Waals surface area contributed by atoms with E-state index in [-0.39, 0.29) is 5.54 Å². The summed E-state index contributed by atoms with van der Waals surface area (Å²) in [6.07, 6.45) is 8.09. The Morgan fingerprint density at radius 2 is 1.64 bits per heavy atom. The van der Waals surface area contributed by atoms with Crippen molar-refractivity contribution in [2.45, 2.75) is 63.5 Å². The molecule has 1 aliphatic heterocycles. The Labute approximate surface area is 135 Å². The number of rotatable bonds is 3. The fourth-order valence-corrected chi connectivity index (χ4v) is 4.05. The topological polar surface area (TPSA) is 55.3 Å². The van der Waals surface area contributed by atoms with Crippen LogP contribution in [0.2, 0.25) is 0 Å². The molecule has 0 aromatic heterocycles. The van der Waals surface area contributed by atoms with E-state index in [1.54, 1.807) is 0 Å². The van der Waals surface area contributed by atoms with E-state index in [1.165, 1.54) is 43.6 Å². The summed E-state index contributed by atoms with van der Waals surface area (Å²) in [4.78, 5) is 2.52. The highest BCUT2D eigenvalue weighted by molar-refractivity contribution is 5.49. The van der Waals surface area contributed by atoms with Crippen molar-refractivity contribution in [2.75, 3.05) is 18.0 Å². The standard InChI is InChI=1S/C19H31N3/c1-2-15-9-13-22(14-10-15)18-5-3-16(4-6-18)19(21)11-7-17(20)8-12-19/h3-6,15,17H,2,7-14,20-21H2,1H3. The first-order valence-corrected chi connectivity index (χ1v) is 9.00. The molecule has 122 valence electrons. The van der Waals surface area contributed by atoms with E-state index in [0.717, 1.165) is 31.6 Å². The van der Waals surface area contributed by atoms with Gasteiger partial charge in [0.1, 0.15) is 0 Å². The molecule has 3 heteroatoms. The number of anilines is 1. The molecule has 1 aromatic rings. The smallest absolute Gasteiger partial charge is 0.0410 e. The van der Waals surface area contributed by atoms with E-state index in [9.17, 15) is 0 Å². The van der Waals surface area contributed by atoms with E-state index in [4.69, 9.17) is 11.5 Å². The predicted molar refractivity (Wildman–Crippen MR) is 94.0 cm³/mol. The van der Waals surface area contributed by atoms with Gasteiger partial charge in [0.2, 0.25) is 0 Å². The minimum absolute atomic E-state index is 0.163. The molecule has 4 N–H and O–H groups in total. The van der Waals surface area contributed by atoms with Gasteiger partial charge in [-0.25, -0.2) is 0 Å². The molecular formula is C19H31N3. The second-order valence-electron chi connectivity index (χ2n) is 7.38. The molecule has 1 aliphatic carbocycles. The molecule has 3 nitrogen and oxygen atoms in total. The summed E-state index contributed by atoms with van der Waals surface area (Å²) >= 11 is 0. The molecule has 1 saturated heterocycles. The lowest BCUT2D eigenvalue weighted by atomic mass is 9.76. The van der Waals surface area contributed by atoms with Gasteiger partial charge in [-0.2, -0.15) is 0 Å². The lowest BCUT2D eigenvalue weighted by Crippen LogP contribution is -2.43. The Morgan fingerprint density at radius 1 is 1.05 bits per heavy atom. The highest BCUT2D eigenvalue weighted by Gasteiger charge is 2.32. The van der Waals surface area contributed by atoms with Crippen LogP contribution in [0.15, 0.2) is 24.3 Å². The third kappa shape index (κ3) is 3.31. The van der Waals surface area contributed by atoms with Crippen molar-refractivity contribution in [3.05, 3.63) is 29.8 Å². The van der Waals surface area contributed by atoms with Crippen molar-refractivity contribution >= 4 is 5.69 Å². The SMILES string of the molecule is CCC1CCN(c2ccc(C3(N)CCC(N)CC3)cc2)CC1. The van der Waals surface area contributed by atoms with Crippen molar-refractivity contribution < 1.29 is 0 Å². The molecule has 2 fully saturated rings. The van der Waals surface area contributed by atoms with Crippen LogP contribution < -0.4 is 16.4 Å². The Kier molecular flexibility index (Phi) is 4.74. The number of hydrogen-bond acceptors (Lipinski definition) is 3. The number of piperidine rings is 1. The molecule has 0 spiro atoms. The molecular weight excluding hydrogens is 270 g/mol. The predicted octanol–water partition coefficient (Wildman–Crippen LogP) is 3.37. The number of hydrogen-bond donors (Lipinski definition) is 2. The molecule has 0 bridgehead atoms. The van der Waals surface area contributed by atoms with Crippen LogP contribution in [0.3, 0.4) is 0 Å². The Bertz CT molecular complexity index is 466. The third-order valence-electron chi connectivity index (χ3n) is 5.92. The molecule has 1 saturated carbocycles. The maximum absolute atomic E-state index is 6.64. The zero-order chi connectivity index (χ0) is 15.6. The van der Waals surface area contributed by atoms with Crippen molar-refractivity contribution in [3.63, 3.8) is 0 Å². The number of benzene rings is 1. The summed E-state index contributed by atoms with van der Waals surface area (Å²) in [6, 6.07) is 9.38. The second kappa shape index (κ2) is 6.59. The highest BCUT2D eigenvalue weighted by atomic mass is 15.1. The van der Waals surface area contributed by atoms with Crippen molar-refractivity contribution in [2.24, 2.45) is 17.4 Å². The van der Waals surface area contributed by atoms with Crippen LogP contribution in [0.25, 0.3) is 0 Å². The zero-order valence-corrected chi connectivity index (χ0v) is 13.9. The molecule has 1 heterocycles. The maximum Gasteiger partial charge on any atom is 0.0410 e. The van der Waals surface area contributed by atoms with E-state index >= 15 is 0 Å². The first kappa shape index (κ1) is 15.8. The largest absolute Gasteiger partial charge is 0.372 e. The van der Waals surface area contributed by atoms with Gasteiger partial charge in [-0.1, -0.05) is 25.5 Å². The quantitative estimate of drug-likeness (QED) is 0.900. The van der Waals surface area contributed by atoms with Crippen LogP contribution in [-0.4, -0.2) is 19.1 Å². The van der Waals surface area contributed by atoms with E-state index in [0.29, 0.717) is 6.04 Å². The fourth-order valence-electron chi connectivity index (χ4n) is 4.05. The maximum atomic E-state index is 6.64. The van der Waals surface area contributed by atoms with Gasteiger partial charge in [-0.05, 0) is 62.1 Å². The summed E-state index contributed by atoms with van der Waals surface area (Å²) in [5.74, 6) is 0.925. The average molecular weight is 301 g/mol. The molecule has 0 atom stereocenters. The van der Waals surface area contributed by atoms with Gasteiger partial charge in [0.15, 0.2) is 0 Å². The monoisotopic (exact) mass is 301 g/mol. The minimum atomic E-state index is -0.163. The van der Waals surface area contributed by atoms with Crippen molar-refractivity contribution in [1.29, 1.82) is 0 Å². The lowest BCUT2D eigenvalue weighted by molar-refractivity contribution is 0.277. The molecule has 0 radical (unpaired) electrons. The lowest BCUT2D eigenvalue weighted by Gasteiger charge is -2.37. The van der Waals surface area contributed by atoms with Crippen LogP contribution in [0.5, 0.6) is 0 Å². The van der Waals surface area contributed by atoms with Crippen LogP contribution in [0.4, 0.5) is 5.69 Å². The van der Waals surface area contributed by atoms with E-state index < -0.39 is 0 Å². The van der Waals surface area contributed by atoms with Crippen LogP contribution in [0, 0.1) is 5.92 Å². The fraction of sp³-hybridized carbons (Fsp3) is 0.684. The van der Waals surface area contributed by atoms with Crippen LogP contribution >= 0.6 is 0 Å². The summed E-state index contributed by atoms with van der Waals surface area (Å²) in [6.45, 7) is 4.70. The zero-order valence-electron chi connectivity index (χ0n) is 13.9. The summed E-state index contributed by atoms with van der Waals surface area (Å²) in [5, 5.41) is 0. The number of nitrogens with zero attached hydrogens (tertiary/aromatic N) is 1. The van der Waals surface area contributed by atoms with Gasteiger partial charge in [0, 0.05) is 30.4 Å². The Hall–Kier alpha value is -1.06. The van der Waals surface area contributed by atoms with Gasteiger partial charge < -0.3 is 16.4 Å². The minimum Gasteiger partial charge on any atom is -0.372 e. The summed E-state index contributed by atoms with van der Waals surface area (Å²) < 4.78 is 0. The van der Waals surface area contributed by atoms with E-state index in [1.807, 2.05) is 0 Å². The van der Waals surface area contributed by atoms with Crippen molar-refractivity contribution in [1.82, 2.24) is 0 Å². The third-order valence-corrected chi connectivity index (χ3v) is 5.92. The van der Waals surface area contributed by atoms with Gasteiger partial charge in [0.05, 0.1) is 0 Å². The summed E-state index contributed by atoms with van der Waals surface area (Å²) in [5.41, 5.74) is 15.1. The molecule has 1 aromatic carbocycles. The molecule has 22 heavy (non-hydrogen) atoms. The molecule has 2 aliphatic rings. The first-order chi connectivity index (χ1) is 10.6. The second-order valence-corrected chi connectivity index (χ2v) is 7.38. The van der Waals surface area contributed by atoms with Crippen molar-refractivity contribution in [3.8, 4) is 0 Å². The van der Waals surface area contributed by atoms with Gasteiger partial charge in [-0.15, -0.1) is 0 Å². The average Bonchev–Trinajstić information content (AvgIpc) is 2.58. The van der Waals surface area contributed by atoms with Crippen LogP contribution in [0.1, 0.15) is 57.4 Å². The van der Waals surface area contributed by atoms with Gasteiger partial charge >= 0.3 is 0 Å². The van der Waals surface area contributed by atoms with Crippen LogP contribution in [-0.2, 0) is 5.54 Å². The highest BCUT2D eigenvalue weighted by Crippen LogP contribution is 2.35. The summed E-state index contributed by atoms with van der Waals surface area (Å²) in [7, 11) is 0. The normalized spacial score (nSPS) is 30.5. The number of nitrogens with two attached hydrogens (primary N) is 2. The van der Waals surface area contributed by atoms with Gasteiger partial charge in [0.25, 0.3) is 0 Å². The Balaban J connectivity index is 1.65. The molecule has 3 rings (SSSR count). The molecule has 0 amide bonds. The Morgan fingerprint density at radius 3 is 2.18 bits per heavy atom. The molecule has 0 unspecified atom stereocenters.